The number of nitrogens with zero attached hydrogens (tertiary/aromatic N) is 1. The molecule has 1 heterocycles. The van der Waals surface area contributed by atoms with Gasteiger partial charge >= 0.3 is 0 Å². The maximum atomic E-state index is 3.60. The SMILES string of the molecule is CCn1c(CNC2CC2)cc2cc(C)ccc21. The van der Waals surface area contributed by atoms with Gasteiger partial charge in [0, 0.05) is 35.7 Å². The monoisotopic (exact) mass is 228 g/mol. The van der Waals surface area contributed by atoms with Crippen LogP contribution in [0.1, 0.15) is 31.0 Å². The number of nitrogens with one attached hydrogen (secondary N) is 1. The van der Waals surface area contributed by atoms with Gasteiger partial charge in [-0.05, 0) is 44.9 Å². The lowest BCUT2D eigenvalue weighted by Crippen LogP contribution is -2.17. The van der Waals surface area contributed by atoms with Crippen LogP contribution in [0, 0.1) is 6.92 Å². The van der Waals surface area contributed by atoms with E-state index >= 15 is 0 Å². The summed E-state index contributed by atoms with van der Waals surface area (Å²) in [6, 6.07) is 9.84. The quantitative estimate of drug-likeness (QED) is 0.850. The molecule has 0 spiro atoms. The second kappa shape index (κ2) is 4.19. The number of hydrogen-bond acceptors (Lipinski definition) is 1. The van der Waals surface area contributed by atoms with Crippen molar-refractivity contribution in [3.8, 4) is 0 Å². The summed E-state index contributed by atoms with van der Waals surface area (Å²) >= 11 is 0. The molecule has 0 bridgehead atoms. The van der Waals surface area contributed by atoms with Crippen LogP contribution in [0.5, 0.6) is 0 Å². The fourth-order valence-corrected chi connectivity index (χ4v) is 2.50. The van der Waals surface area contributed by atoms with E-state index in [0.29, 0.717) is 0 Å². The second-order valence-corrected chi connectivity index (χ2v) is 5.10. The zero-order valence-electron chi connectivity index (χ0n) is 10.7. The lowest BCUT2D eigenvalue weighted by atomic mass is 10.2. The number of rotatable bonds is 4. The molecule has 0 atom stereocenters. The summed E-state index contributed by atoms with van der Waals surface area (Å²) in [5.74, 6) is 0. The van der Waals surface area contributed by atoms with Crippen molar-refractivity contribution in [2.24, 2.45) is 0 Å². The predicted octanol–water partition coefficient (Wildman–Crippen LogP) is 3.22. The van der Waals surface area contributed by atoms with E-state index in [4.69, 9.17) is 0 Å². The van der Waals surface area contributed by atoms with Crippen LogP contribution in [0.4, 0.5) is 0 Å². The first-order valence-electron chi connectivity index (χ1n) is 6.60. The predicted molar refractivity (Wildman–Crippen MR) is 72.2 cm³/mol. The Hall–Kier alpha value is -1.28. The minimum absolute atomic E-state index is 0.778. The smallest absolute Gasteiger partial charge is 0.0483 e. The van der Waals surface area contributed by atoms with Crippen LogP contribution in [0.3, 0.4) is 0 Å². The Bertz CT molecular complexity index is 535. The fourth-order valence-electron chi connectivity index (χ4n) is 2.50. The van der Waals surface area contributed by atoms with Crippen molar-refractivity contribution in [3.05, 3.63) is 35.5 Å². The standard InChI is InChI=1S/C15H20N2/c1-3-17-14(10-16-13-5-6-13)9-12-8-11(2)4-7-15(12)17/h4,7-9,13,16H,3,5-6,10H2,1-2H3. The van der Waals surface area contributed by atoms with E-state index in [0.717, 1.165) is 19.1 Å². The summed E-state index contributed by atoms with van der Waals surface area (Å²) in [7, 11) is 0. The number of benzene rings is 1. The average molecular weight is 228 g/mol. The Kier molecular flexibility index (Phi) is 2.67. The minimum Gasteiger partial charge on any atom is -0.344 e. The molecule has 1 aliphatic carbocycles. The molecule has 2 aromatic rings. The van der Waals surface area contributed by atoms with Crippen LogP contribution in [-0.4, -0.2) is 10.6 Å². The fraction of sp³-hybridized carbons (Fsp3) is 0.467. The zero-order chi connectivity index (χ0) is 11.8. The highest BCUT2D eigenvalue weighted by atomic mass is 15.0. The molecular weight excluding hydrogens is 208 g/mol. The lowest BCUT2D eigenvalue weighted by molar-refractivity contribution is 0.634. The number of fused-ring (bicyclic) bond motifs is 1. The maximum Gasteiger partial charge on any atom is 0.0483 e. The number of hydrogen-bond donors (Lipinski definition) is 1. The molecule has 0 radical (unpaired) electrons. The summed E-state index contributed by atoms with van der Waals surface area (Å²) in [4.78, 5) is 0. The van der Waals surface area contributed by atoms with Gasteiger partial charge in [0.1, 0.15) is 0 Å². The Morgan fingerprint density at radius 2 is 2.12 bits per heavy atom. The van der Waals surface area contributed by atoms with Crippen molar-refractivity contribution >= 4 is 10.9 Å². The molecule has 1 saturated carbocycles. The van der Waals surface area contributed by atoms with Crippen molar-refractivity contribution in [2.75, 3.05) is 0 Å². The summed E-state index contributed by atoms with van der Waals surface area (Å²) in [5, 5.41) is 4.98. The van der Waals surface area contributed by atoms with Gasteiger partial charge in [-0.1, -0.05) is 11.6 Å². The highest BCUT2D eigenvalue weighted by molar-refractivity contribution is 5.82. The van der Waals surface area contributed by atoms with E-state index in [1.807, 2.05) is 0 Å². The molecule has 3 rings (SSSR count). The molecule has 0 unspecified atom stereocenters. The molecule has 1 aromatic heterocycles. The van der Waals surface area contributed by atoms with E-state index < -0.39 is 0 Å². The van der Waals surface area contributed by atoms with Gasteiger partial charge in [-0.2, -0.15) is 0 Å². The first kappa shape index (κ1) is 10.8. The zero-order valence-corrected chi connectivity index (χ0v) is 10.7. The molecule has 2 heteroatoms. The summed E-state index contributed by atoms with van der Waals surface area (Å²) < 4.78 is 2.42. The molecule has 0 amide bonds. The highest BCUT2D eigenvalue weighted by Crippen LogP contribution is 2.23. The topological polar surface area (TPSA) is 17.0 Å². The van der Waals surface area contributed by atoms with Crippen LogP contribution in [0.25, 0.3) is 10.9 Å². The highest BCUT2D eigenvalue weighted by Gasteiger charge is 2.20. The number of aromatic nitrogens is 1. The van der Waals surface area contributed by atoms with Gasteiger partial charge in [-0.15, -0.1) is 0 Å². The van der Waals surface area contributed by atoms with Crippen LogP contribution in [0.15, 0.2) is 24.3 Å². The lowest BCUT2D eigenvalue weighted by Gasteiger charge is -2.08. The maximum absolute atomic E-state index is 3.60. The summed E-state index contributed by atoms with van der Waals surface area (Å²) in [5.41, 5.74) is 4.12. The third kappa shape index (κ3) is 2.09. The first-order valence-corrected chi connectivity index (χ1v) is 6.60. The van der Waals surface area contributed by atoms with E-state index in [1.165, 1.54) is 35.0 Å². The van der Waals surface area contributed by atoms with Crippen LogP contribution in [-0.2, 0) is 13.1 Å². The third-order valence-electron chi connectivity index (χ3n) is 3.61. The Morgan fingerprint density at radius 1 is 1.29 bits per heavy atom. The average Bonchev–Trinajstić information content (AvgIpc) is 3.07. The van der Waals surface area contributed by atoms with Gasteiger partial charge in [-0.25, -0.2) is 0 Å². The van der Waals surface area contributed by atoms with E-state index in [9.17, 15) is 0 Å². The molecule has 1 N–H and O–H groups in total. The van der Waals surface area contributed by atoms with Gasteiger partial charge < -0.3 is 9.88 Å². The van der Waals surface area contributed by atoms with Gasteiger partial charge in [-0.3, -0.25) is 0 Å². The molecule has 1 aromatic carbocycles. The van der Waals surface area contributed by atoms with Crippen molar-refractivity contribution in [3.63, 3.8) is 0 Å². The van der Waals surface area contributed by atoms with Crippen LogP contribution < -0.4 is 5.32 Å². The van der Waals surface area contributed by atoms with Gasteiger partial charge in [0.15, 0.2) is 0 Å². The molecule has 17 heavy (non-hydrogen) atoms. The Labute approximate surface area is 103 Å². The summed E-state index contributed by atoms with van der Waals surface area (Å²) in [6.07, 6.45) is 2.71. The molecule has 1 fully saturated rings. The molecule has 1 aliphatic rings. The van der Waals surface area contributed by atoms with Crippen molar-refractivity contribution in [1.29, 1.82) is 0 Å². The van der Waals surface area contributed by atoms with Crippen molar-refractivity contribution in [2.45, 2.75) is 45.8 Å². The number of aryl methyl sites for hydroxylation is 2. The molecule has 90 valence electrons. The molecular formula is C15H20N2. The second-order valence-electron chi connectivity index (χ2n) is 5.10. The van der Waals surface area contributed by atoms with Crippen molar-refractivity contribution in [1.82, 2.24) is 9.88 Å². The van der Waals surface area contributed by atoms with E-state index in [2.05, 4.69) is 48.0 Å². The summed E-state index contributed by atoms with van der Waals surface area (Å²) in [6.45, 7) is 6.44. The van der Waals surface area contributed by atoms with Crippen molar-refractivity contribution < 1.29 is 0 Å². The van der Waals surface area contributed by atoms with Crippen LogP contribution >= 0.6 is 0 Å². The van der Waals surface area contributed by atoms with E-state index in [-0.39, 0.29) is 0 Å². The molecule has 2 nitrogen and oxygen atoms in total. The minimum atomic E-state index is 0.778. The normalized spacial score (nSPS) is 15.6. The van der Waals surface area contributed by atoms with Gasteiger partial charge in [0.2, 0.25) is 0 Å². The third-order valence-corrected chi connectivity index (χ3v) is 3.61. The van der Waals surface area contributed by atoms with Gasteiger partial charge in [0.25, 0.3) is 0 Å². The Balaban J connectivity index is 1.97. The van der Waals surface area contributed by atoms with Crippen LogP contribution in [0.2, 0.25) is 0 Å². The van der Waals surface area contributed by atoms with Gasteiger partial charge in [0.05, 0.1) is 0 Å². The molecule has 0 saturated heterocycles. The molecule has 0 aliphatic heterocycles. The Morgan fingerprint density at radius 3 is 2.82 bits per heavy atom. The first-order chi connectivity index (χ1) is 8.28. The van der Waals surface area contributed by atoms with E-state index in [1.54, 1.807) is 0 Å². The largest absolute Gasteiger partial charge is 0.344 e.